The SMILES string of the molecule is C[C@@H](C(=O)NC1CCCC1)N(CCc1ccccc1)C(=O)COc1ccc(Br)cc1. The molecular weight excluding hydrogens is 444 g/mol. The third-order valence-electron chi connectivity index (χ3n) is 5.53. The maximum Gasteiger partial charge on any atom is 0.261 e. The van der Waals surface area contributed by atoms with Crippen molar-refractivity contribution in [3.8, 4) is 5.75 Å². The van der Waals surface area contributed by atoms with Gasteiger partial charge < -0.3 is 15.0 Å². The molecule has 2 aromatic rings. The van der Waals surface area contributed by atoms with Gasteiger partial charge in [-0.15, -0.1) is 0 Å². The van der Waals surface area contributed by atoms with Gasteiger partial charge in [-0.05, 0) is 56.0 Å². The average molecular weight is 473 g/mol. The highest BCUT2D eigenvalue weighted by atomic mass is 79.9. The van der Waals surface area contributed by atoms with Crippen LogP contribution in [0.3, 0.4) is 0 Å². The number of hydrogen-bond donors (Lipinski definition) is 1. The molecule has 3 rings (SSSR count). The number of hydrogen-bond acceptors (Lipinski definition) is 3. The van der Waals surface area contributed by atoms with Crippen LogP contribution in [0.2, 0.25) is 0 Å². The number of carbonyl (C=O) groups is 2. The Kier molecular flexibility index (Phi) is 8.31. The van der Waals surface area contributed by atoms with E-state index in [4.69, 9.17) is 4.74 Å². The average Bonchev–Trinajstić information content (AvgIpc) is 3.27. The van der Waals surface area contributed by atoms with Crippen molar-refractivity contribution < 1.29 is 14.3 Å². The molecule has 1 atom stereocenters. The second-order valence-corrected chi connectivity index (χ2v) is 8.65. The highest BCUT2D eigenvalue weighted by Crippen LogP contribution is 2.19. The predicted octanol–water partition coefficient (Wildman–Crippen LogP) is 4.35. The van der Waals surface area contributed by atoms with Crippen LogP contribution in [0.1, 0.15) is 38.2 Å². The second kappa shape index (κ2) is 11.2. The summed E-state index contributed by atoms with van der Waals surface area (Å²) in [7, 11) is 0. The molecule has 0 unspecified atom stereocenters. The smallest absolute Gasteiger partial charge is 0.261 e. The Morgan fingerprint density at radius 1 is 1.10 bits per heavy atom. The molecule has 1 aliphatic carbocycles. The molecule has 1 fully saturated rings. The van der Waals surface area contributed by atoms with Gasteiger partial charge in [-0.3, -0.25) is 9.59 Å². The lowest BCUT2D eigenvalue weighted by atomic mass is 10.1. The van der Waals surface area contributed by atoms with Gasteiger partial charge in [0.2, 0.25) is 5.91 Å². The largest absolute Gasteiger partial charge is 0.484 e. The van der Waals surface area contributed by atoms with E-state index in [9.17, 15) is 9.59 Å². The Hall–Kier alpha value is -2.34. The number of ether oxygens (including phenoxy) is 1. The zero-order valence-corrected chi connectivity index (χ0v) is 18.9. The standard InChI is InChI=1S/C24H29BrN2O3/c1-18(24(29)26-21-9-5-6-10-21)27(16-15-19-7-3-2-4-8-19)23(28)17-30-22-13-11-20(25)12-14-22/h2-4,7-8,11-14,18,21H,5-6,9-10,15-17H2,1H3,(H,26,29)/t18-/m0/s1. The fourth-order valence-corrected chi connectivity index (χ4v) is 3.99. The summed E-state index contributed by atoms with van der Waals surface area (Å²) in [4.78, 5) is 27.5. The van der Waals surface area contributed by atoms with Crippen molar-refractivity contribution in [3.63, 3.8) is 0 Å². The van der Waals surface area contributed by atoms with Crippen LogP contribution in [-0.2, 0) is 16.0 Å². The highest BCUT2D eigenvalue weighted by molar-refractivity contribution is 9.10. The molecule has 0 aliphatic heterocycles. The summed E-state index contributed by atoms with van der Waals surface area (Å²) in [5.41, 5.74) is 1.13. The van der Waals surface area contributed by atoms with E-state index < -0.39 is 6.04 Å². The van der Waals surface area contributed by atoms with Crippen molar-refractivity contribution >= 4 is 27.7 Å². The minimum absolute atomic E-state index is 0.0908. The fourth-order valence-electron chi connectivity index (χ4n) is 3.72. The van der Waals surface area contributed by atoms with Crippen LogP contribution < -0.4 is 10.1 Å². The monoisotopic (exact) mass is 472 g/mol. The molecular formula is C24H29BrN2O3. The van der Waals surface area contributed by atoms with Crippen molar-refractivity contribution in [3.05, 3.63) is 64.6 Å². The summed E-state index contributed by atoms with van der Waals surface area (Å²) in [5.74, 6) is 0.340. The molecule has 30 heavy (non-hydrogen) atoms. The summed E-state index contributed by atoms with van der Waals surface area (Å²) < 4.78 is 6.62. The number of nitrogens with zero attached hydrogens (tertiary/aromatic N) is 1. The molecule has 2 amide bonds. The molecule has 1 N–H and O–H groups in total. The van der Waals surface area contributed by atoms with E-state index in [1.54, 1.807) is 11.8 Å². The molecule has 1 aliphatic rings. The first-order valence-corrected chi connectivity index (χ1v) is 11.3. The summed E-state index contributed by atoms with van der Waals surface area (Å²) >= 11 is 3.39. The first kappa shape index (κ1) is 22.3. The van der Waals surface area contributed by atoms with E-state index in [2.05, 4.69) is 21.2 Å². The number of nitrogens with one attached hydrogen (secondary N) is 1. The van der Waals surface area contributed by atoms with Crippen molar-refractivity contribution in [2.24, 2.45) is 0 Å². The Morgan fingerprint density at radius 2 is 1.77 bits per heavy atom. The molecule has 0 radical (unpaired) electrons. The van der Waals surface area contributed by atoms with E-state index in [0.717, 1.165) is 35.7 Å². The van der Waals surface area contributed by atoms with Gasteiger partial charge in [-0.1, -0.05) is 59.1 Å². The fraction of sp³-hybridized carbons (Fsp3) is 0.417. The first-order valence-electron chi connectivity index (χ1n) is 10.5. The van der Waals surface area contributed by atoms with Crippen molar-refractivity contribution in [2.45, 2.75) is 51.1 Å². The van der Waals surface area contributed by atoms with E-state index in [0.29, 0.717) is 18.7 Å². The summed E-state index contributed by atoms with van der Waals surface area (Å²) in [6, 6.07) is 17.0. The summed E-state index contributed by atoms with van der Waals surface area (Å²) in [5, 5.41) is 3.11. The molecule has 0 spiro atoms. The topological polar surface area (TPSA) is 58.6 Å². The number of halogens is 1. The maximum atomic E-state index is 13.0. The van der Waals surface area contributed by atoms with E-state index in [-0.39, 0.29) is 24.5 Å². The first-order chi connectivity index (χ1) is 14.5. The number of rotatable bonds is 9. The molecule has 0 aromatic heterocycles. The van der Waals surface area contributed by atoms with Crippen LogP contribution >= 0.6 is 15.9 Å². The van der Waals surface area contributed by atoms with Crippen LogP contribution in [0.4, 0.5) is 0 Å². The maximum absolute atomic E-state index is 13.0. The third kappa shape index (κ3) is 6.59. The molecule has 5 nitrogen and oxygen atoms in total. The molecule has 0 saturated heterocycles. The number of carbonyl (C=O) groups excluding carboxylic acids is 2. The van der Waals surface area contributed by atoms with E-state index in [1.165, 1.54) is 0 Å². The Balaban J connectivity index is 1.64. The predicted molar refractivity (Wildman–Crippen MR) is 121 cm³/mol. The van der Waals surface area contributed by atoms with Gasteiger partial charge >= 0.3 is 0 Å². The van der Waals surface area contributed by atoms with Crippen LogP contribution in [0, 0.1) is 0 Å². The number of amides is 2. The molecule has 0 bridgehead atoms. The van der Waals surface area contributed by atoms with Crippen LogP contribution in [0.5, 0.6) is 5.75 Å². The highest BCUT2D eigenvalue weighted by Gasteiger charge is 2.28. The van der Waals surface area contributed by atoms with E-state index >= 15 is 0 Å². The minimum Gasteiger partial charge on any atom is -0.484 e. The lowest BCUT2D eigenvalue weighted by Crippen LogP contribution is -2.51. The summed E-state index contributed by atoms with van der Waals surface area (Å²) in [6.45, 7) is 2.16. The Bertz CT molecular complexity index is 820. The van der Waals surface area contributed by atoms with Crippen molar-refractivity contribution in [1.82, 2.24) is 10.2 Å². The minimum atomic E-state index is -0.546. The normalized spacial score (nSPS) is 14.9. The number of benzene rings is 2. The molecule has 0 heterocycles. The molecule has 160 valence electrons. The van der Waals surface area contributed by atoms with Gasteiger partial charge in [0.15, 0.2) is 6.61 Å². The van der Waals surface area contributed by atoms with Gasteiger partial charge in [-0.25, -0.2) is 0 Å². The molecule has 1 saturated carbocycles. The molecule has 2 aromatic carbocycles. The lowest BCUT2D eigenvalue weighted by Gasteiger charge is -2.29. The van der Waals surface area contributed by atoms with Gasteiger partial charge in [0.05, 0.1) is 0 Å². The van der Waals surface area contributed by atoms with Gasteiger partial charge in [0, 0.05) is 17.1 Å². The van der Waals surface area contributed by atoms with Crippen LogP contribution in [-0.4, -0.2) is 41.9 Å². The lowest BCUT2D eigenvalue weighted by molar-refractivity contribution is -0.141. The van der Waals surface area contributed by atoms with Gasteiger partial charge in [0.25, 0.3) is 5.91 Å². The Labute approximate surface area is 186 Å². The Morgan fingerprint density at radius 3 is 2.43 bits per heavy atom. The summed E-state index contributed by atoms with van der Waals surface area (Å²) in [6.07, 6.45) is 5.02. The van der Waals surface area contributed by atoms with Crippen molar-refractivity contribution in [1.29, 1.82) is 0 Å². The van der Waals surface area contributed by atoms with Crippen LogP contribution in [0.15, 0.2) is 59.1 Å². The van der Waals surface area contributed by atoms with Gasteiger partial charge in [0.1, 0.15) is 11.8 Å². The molecule has 6 heteroatoms. The second-order valence-electron chi connectivity index (χ2n) is 7.73. The van der Waals surface area contributed by atoms with Crippen molar-refractivity contribution in [2.75, 3.05) is 13.2 Å². The zero-order valence-electron chi connectivity index (χ0n) is 17.4. The van der Waals surface area contributed by atoms with E-state index in [1.807, 2.05) is 54.6 Å². The van der Waals surface area contributed by atoms with Crippen LogP contribution in [0.25, 0.3) is 0 Å². The third-order valence-corrected chi connectivity index (χ3v) is 6.06. The quantitative estimate of drug-likeness (QED) is 0.590. The van der Waals surface area contributed by atoms with Gasteiger partial charge in [-0.2, -0.15) is 0 Å². The zero-order chi connectivity index (χ0) is 21.3.